The molecular weight excluding hydrogens is 340 g/mol. The van der Waals surface area contributed by atoms with Gasteiger partial charge in [0.1, 0.15) is 11.3 Å². The topological polar surface area (TPSA) is 43.6 Å². The van der Waals surface area contributed by atoms with E-state index in [1.807, 2.05) is 41.1 Å². The van der Waals surface area contributed by atoms with Crippen LogP contribution in [0.15, 0.2) is 40.7 Å². The Balaban J connectivity index is 2.08. The lowest BCUT2D eigenvalue weighted by atomic mass is 10.2. The van der Waals surface area contributed by atoms with Crippen molar-refractivity contribution in [2.24, 2.45) is 4.99 Å². The zero-order chi connectivity index (χ0) is 17.1. The molecule has 1 amide bonds. The number of aryl methyl sites for hydroxylation is 2. The molecule has 0 unspecified atom stereocenters. The molecule has 0 bridgehead atoms. The highest BCUT2D eigenvalue weighted by Crippen LogP contribution is 2.30. The fraction of sp³-hybridized carbons (Fsp3) is 0.222. The summed E-state index contributed by atoms with van der Waals surface area (Å²) in [5.74, 6) is 0.547. The third kappa shape index (κ3) is 3.20. The van der Waals surface area contributed by atoms with E-state index in [4.69, 9.17) is 4.74 Å². The number of carbonyl (C=O) groups excluding carboxylic acids is 1. The molecule has 0 saturated heterocycles. The Labute approximate surface area is 148 Å². The quantitative estimate of drug-likeness (QED) is 0.655. The highest BCUT2D eigenvalue weighted by Gasteiger charge is 2.12. The standard InChI is InChI=1S/C18H18N2O2S2/c1-4-20-16-14(22-3)9-7-12(2)17(16)24-18(20)19-15(21)10-8-13-6-5-11-23-13/h5-11H,4H2,1-3H3. The smallest absolute Gasteiger partial charge is 0.272 e. The molecule has 0 fully saturated rings. The van der Waals surface area contributed by atoms with Gasteiger partial charge in [0.05, 0.1) is 11.8 Å². The number of methoxy groups -OCH3 is 1. The number of hydrogen-bond donors (Lipinski definition) is 0. The maximum absolute atomic E-state index is 12.2. The summed E-state index contributed by atoms with van der Waals surface area (Å²) in [4.78, 5) is 18.2. The van der Waals surface area contributed by atoms with E-state index < -0.39 is 0 Å². The van der Waals surface area contributed by atoms with Gasteiger partial charge in [-0.15, -0.1) is 11.3 Å². The van der Waals surface area contributed by atoms with Gasteiger partial charge in [0, 0.05) is 17.5 Å². The van der Waals surface area contributed by atoms with Crippen LogP contribution in [-0.2, 0) is 11.3 Å². The summed E-state index contributed by atoms with van der Waals surface area (Å²) in [6.07, 6.45) is 3.31. The fourth-order valence-electron chi connectivity index (χ4n) is 2.49. The lowest BCUT2D eigenvalue weighted by Gasteiger charge is -2.07. The number of thiophene rings is 1. The molecule has 3 rings (SSSR count). The highest BCUT2D eigenvalue weighted by atomic mass is 32.1. The predicted molar refractivity (Wildman–Crippen MR) is 101 cm³/mol. The lowest BCUT2D eigenvalue weighted by Crippen LogP contribution is -2.15. The van der Waals surface area contributed by atoms with Gasteiger partial charge in [-0.3, -0.25) is 4.79 Å². The van der Waals surface area contributed by atoms with Crippen molar-refractivity contribution in [3.63, 3.8) is 0 Å². The Morgan fingerprint density at radius 2 is 2.21 bits per heavy atom. The number of thiazole rings is 1. The molecule has 0 aliphatic heterocycles. The van der Waals surface area contributed by atoms with Crippen LogP contribution in [0.2, 0.25) is 0 Å². The number of ether oxygens (including phenoxy) is 1. The van der Waals surface area contributed by atoms with Gasteiger partial charge in [0.25, 0.3) is 5.91 Å². The van der Waals surface area contributed by atoms with Crippen molar-refractivity contribution in [1.29, 1.82) is 0 Å². The predicted octanol–water partition coefficient (Wildman–Crippen LogP) is 4.24. The molecule has 0 atom stereocenters. The molecule has 24 heavy (non-hydrogen) atoms. The maximum atomic E-state index is 12.2. The van der Waals surface area contributed by atoms with E-state index in [0.717, 1.165) is 33.0 Å². The van der Waals surface area contributed by atoms with E-state index in [9.17, 15) is 4.79 Å². The van der Waals surface area contributed by atoms with Gasteiger partial charge >= 0.3 is 0 Å². The zero-order valence-electron chi connectivity index (χ0n) is 13.8. The highest BCUT2D eigenvalue weighted by molar-refractivity contribution is 7.16. The average molecular weight is 358 g/mol. The number of amides is 1. The zero-order valence-corrected chi connectivity index (χ0v) is 15.4. The van der Waals surface area contributed by atoms with Crippen LogP contribution >= 0.6 is 22.7 Å². The van der Waals surface area contributed by atoms with Crippen LogP contribution in [-0.4, -0.2) is 17.6 Å². The first-order chi connectivity index (χ1) is 11.6. The second kappa shape index (κ2) is 7.15. The van der Waals surface area contributed by atoms with Gasteiger partial charge in [0.15, 0.2) is 4.80 Å². The number of carbonyl (C=O) groups is 1. The van der Waals surface area contributed by atoms with E-state index in [0.29, 0.717) is 4.80 Å². The van der Waals surface area contributed by atoms with Crippen molar-refractivity contribution < 1.29 is 9.53 Å². The van der Waals surface area contributed by atoms with Crippen LogP contribution in [0.4, 0.5) is 0 Å². The molecule has 2 aromatic heterocycles. The molecule has 1 aromatic carbocycles. The Morgan fingerprint density at radius 1 is 1.38 bits per heavy atom. The van der Waals surface area contributed by atoms with Gasteiger partial charge in [-0.05, 0) is 43.0 Å². The van der Waals surface area contributed by atoms with E-state index in [1.165, 1.54) is 17.4 Å². The number of aromatic nitrogens is 1. The number of nitrogens with zero attached hydrogens (tertiary/aromatic N) is 2. The van der Waals surface area contributed by atoms with Gasteiger partial charge in [-0.25, -0.2) is 0 Å². The van der Waals surface area contributed by atoms with Crippen molar-refractivity contribution in [3.8, 4) is 5.75 Å². The third-order valence-corrected chi connectivity index (χ3v) is 5.71. The van der Waals surface area contributed by atoms with E-state index in [2.05, 4.69) is 11.9 Å². The minimum absolute atomic E-state index is 0.256. The van der Waals surface area contributed by atoms with Crippen molar-refractivity contribution in [3.05, 3.63) is 51.0 Å². The summed E-state index contributed by atoms with van der Waals surface area (Å²) >= 11 is 3.11. The first-order valence-electron chi connectivity index (χ1n) is 7.61. The second-order valence-electron chi connectivity index (χ2n) is 5.19. The number of fused-ring (bicyclic) bond motifs is 1. The summed E-state index contributed by atoms with van der Waals surface area (Å²) in [5.41, 5.74) is 2.15. The molecule has 0 saturated carbocycles. The molecule has 124 valence electrons. The summed E-state index contributed by atoms with van der Waals surface area (Å²) < 4.78 is 8.62. The molecule has 0 aliphatic rings. The minimum atomic E-state index is -0.256. The largest absolute Gasteiger partial charge is 0.495 e. The maximum Gasteiger partial charge on any atom is 0.272 e. The second-order valence-corrected chi connectivity index (χ2v) is 7.15. The van der Waals surface area contributed by atoms with E-state index in [1.54, 1.807) is 24.5 Å². The van der Waals surface area contributed by atoms with E-state index >= 15 is 0 Å². The van der Waals surface area contributed by atoms with Gasteiger partial charge in [0.2, 0.25) is 0 Å². The molecule has 0 spiro atoms. The van der Waals surface area contributed by atoms with Crippen LogP contribution in [0.1, 0.15) is 17.4 Å². The summed E-state index contributed by atoms with van der Waals surface area (Å²) in [5, 5.41) is 1.98. The van der Waals surface area contributed by atoms with Crippen LogP contribution in [0.25, 0.3) is 16.3 Å². The molecule has 6 heteroatoms. The Hall–Kier alpha value is -2.18. The molecule has 2 heterocycles. The van der Waals surface area contributed by atoms with E-state index in [-0.39, 0.29) is 5.91 Å². The number of benzene rings is 1. The number of rotatable bonds is 4. The first-order valence-corrected chi connectivity index (χ1v) is 9.31. The normalized spacial score (nSPS) is 12.4. The lowest BCUT2D eigenvalue weighted by molar-refractivity contribution is -0.113. The summed E-state index contributed by atoms with van der Waals surface area (Å²) in [7, 11) is 1.66. The molecule has 4 nitrogen and oxygen atoms in total. The van der Waals surface area contributed by atoms with Crippen LogP contribution < -0.4 is 9.54 Å². The van der Waals surface area contributed by atoms with Crippen LogP contribution in [0.3, 0.4) is 0 Å². The minimum Gasteiger partial charge on any atom is -0.495 e. The molecule has 0 aliphatic carbocycles. The molecule has 0 N–H and O–H groups in total. The Morgan fingerprint density at radius 3 is 2.88 bits per heavy atom. The SMILES string of the molecule is CCn1c(=NC(=O)C=Cc2cccs2)sc2c(C)ccc(OC)c21. The van der Waals surface area contributed by atoms with Crippen molar-refractivity contribution in [2.75, 3.05) is 7.11 Å². The summed E-state index contributed by atoms with van der Waals surface area (Å²) in [6.45, 7) is 4.82. The molecular formula is C18H18N2O2S2. The van der Waals surface area contributed by atoms with Crippen molar-refractivity contribution >= 4 is 44.9 Å². The molecule has 0 radical (unpaired) electrons. The van der Waals surface area contributed by atoms with Gasteiger partial charge in [-0.2, -0.15) is 4.99 Å². The van der Waals surface area contributed by atoms with Crippen LogP contribution in [0, 0.1) is 6.92 Å². The fourth-order valence-corrected chi connectivity index (χ4v) is 4.30. The third-order valence-electron chi connectivity index (χ3n) is 3.66. The number of hydrogen-bond acceptors (Lipinski definition) is 4. The Bertz CT molecular complexity index is 963. The van der Waals surface area contributed by atoms with Crippen LogP contribution in [0.5, 0.6) is 5.75 Å². The van der Waals surface area contributed by atoms with Gasteiger partial charge < -0.3 is 9.30 Å². The first kappa shape index (κ1) is 16.7. The van der Waals surface area contributed by atoms with Gasteiger partial charge in [-0.1, -0.05) is 23.5 Å². The van der Waals surface area contributed by atoms with Crippen molar-refractivity contribution in [2.45, 2.75) is 20.4 Å². The average Bonchev–Trinajstić information content (AvgIpc) is 3.21. The monoisotopic (exact) mass is 358 g/mol. The van der Waals surface area contributed by atoms with Crippen molar-refractivity contribution in [1.82, 2.24) is 4.57 Å². The summed E-state index contributed by atoms with van der Waals surface area (Å²) in [6, 6.07) is 7.91. The molecule has 3 aromatic rings. The Kier molecular flexibility index (Phi) is 4.97.